The summed E-state index contributed by atoms with van der Waals surface area (Å²) >= 11 is 3.34. The Morgan fingerprint density at radius 2 is 2.18 bits per heavy atom. The fourth-order valence-electron chi connectivity index (χ4n) is 2.37. The van der Waals surface area contributed by atoms with E-state index in [-0.39, 0.29) is 0 Å². The summed E-state index contributed by atoms with van der Waals surface area (Å²) in [5.41, 5.74) is 1.20. The first kappa shape index (κ1) is 12.4. The van der Waals surface area contributed by atoms with Crippen LogP contribution in [0, 0.1) is 5.92 Å². The quantitative estimate of drug-likeness (QED) is 0.893. The highest BCUT2D eigenvalue weighted by molar-refractivity contribution is 9.10. The third-order valence-electron chi connectivity index (χ3n) is 3.36. The Morgan fingerprint density at radius 1 is 1.41 bits per heavy atom. The first-order valence-electron chi connectivity index (χ1n) is 5.86. The Kier molecular flexibility index (Phi) is 3.72. The monoisotopic (exact) mass is 297 g/mol. The molecule has 1 fully saturated rings. The molecule has 0 heterocycles. The van der Waals surface area contributed by atoms with Gasteiger partial charge in [-0.1, -0.05) is 29.3 Å². The zero-order valence-electron chi connectivity index (χ0n) is 9.74. The van der Waals surface area contributed by atoms with Crippen molar-refractivity contribution in [3.05, 3.63) is 28.2 Å². The predicted octanol–water partition coefficient (Wildman–Crippen LogP) is 3.75. The SMILES string of the molecule is CC1CCCC1Nc1cc(Br)cc(C(=O)O)c1. The maximum absolute atomic E-state index is 11.0. The summed E-state index contributed by atoms with van der Waals surface area (Å²) in [7, 11) is 0. The highest BCUT2D eigenvalue weighted by Gasteiger charge is 2.23. The van der Waals surface area contributed by atoms with Gasteiger partial charge in [0.1, 0.15) is 0 Å². The van der Waals surface area contributed by atoms with Gasteiger partial charge in [-0.25, -0.2) is 4.79 Å². The van der Waals surface area contributed by atoms with Crippen LogP contribution in [0.1, 0.15) is 36.5 Å². The lowest BCUT2D eigenvalue weighted by molar-refractivity contribution is 0.0697. The van der Waals surface area contributed by atoms with Crippen LogP contribution in [0.5, 0.6) is 0 Å². The van der Waals surface area contributed by atoms with Crippen LogP contribution in [0.2, 0.25) is 0 Å². The number of benzene rings is 1. The zero-order chi connectivity index (χ0) is 12.4. The molecule has 0 aliphatic heterocycles. The summed E-state index contributed by atoms with van der Waals surface area (Å²) in [4.78, 5) is 11.0. The topological polar surface area (TPSA) is 49.3 Å². The number of aromatic carboxylic acids is 1. The molecule has 2 atom stereocenters. The molecule has 1 aromatic carbocycles. The van der Waals surface area contributed by atoms with Crippen molar-refractivity contribution in [2.45, 2.75) is 32.2 Å². The van der Waals surface area contributed by atoms with Crippen LogP contribution in [-0.2, 0) is 0 Å². The molecule has 4 heteroatoms. The molecule has 1 aliphatic carbocycles. The van der Waals surface area contributed by atoms with E-state index in [0.29, 0.717) is 17.5 Å². The van der Waals surface area contributed by atoms with E-state index in [1.165, 1.54) is 12.8 Å². The van der Waals surface area contributed by atoms with E-state index in [1.807, 2.05) is 6.07 Å². The van der Waals surface area contributed by atoms with E-state index < -0.39 is 5.97 Å². The number of hydrogen-bond donors (Lipinski definition) is 2. The Bertz CT molecular complexity index is 433. The van der Waals surface area contributed by atoms with E-state index in [2.05, 4.69) is 28.2 Å². The summed E-state index contributed by atoms with van der Waals surface area (Å²) in [6, 6.07) is 5.70. The Hall–Kier alpha value is -1.03. The molecule has 0 amide bonds. The molecule has 2 N–H and O–H groups in total. The highest BCUT2D eigenvalue weighted by Crippen LogP contribution is 2.29. The standard InChI is InChI=1S/C13H16BrNO2/c1-8-3-2-4-12(8)15-11-6-9(13(16)17)5-10(14)7-11/h5-8,12,15H,2-4H2,1H3,(H,16,17). The fourth-order valence-corrected chi connectivity index (χ4v) is 2.86. The van der Waals surface area contributed by atoms with Gasteiger partial charge in [0, 0.05) is 16.2 Å². The molecule has 0 spiro atoms. The van der Waals surface area contributed by atoms with Gasteiger partial charge in [0.2, 0.25) is 0 Å². The zero-order valence-corrected chi connectivity index (χ0v) is 11.3. The number of nitrogens with one attached hydrogen (secondary N) is 1. The fraction of sp³-hybridized carbons (Fsp3) is 0.462. The number of anilines is 1. The number of hydrogen-bond acceptors (Lipinski definition) is 2. The molecule has 1 aliphatic rings. The van der Waals surface area contributed by atoms with Crippen molar-refractivity contribution in [1.82, 2.24) is 0 Å². The molecule has 2 unspecified atom stereocenters. The minimum atomic E-state index is -0.895. The molecule has 3 nitrogen and oxygen atoms in total. The normalized spacial score (nSPS) is 23.6. The average Bonchev–Trinajstić information content (AvgIpc) is 2.63. The largest absolute Gasteiger partial charge is 0.478 e. The summed E-state index contributed by atoms with van der Waals surface area (Å²) in [5.74, 6) is -0.240. The van der Waals surface area contributed by atoms with Gasteiger partial charge in [-0.15, -0.1) is 0 Å². The van der Waals surface area contributed by atoms with Crippen molar-refractivity contribution in [2.75, 3.05) is 5.32 Å². The van der Waals surface area contributed by atoms with Gasteiger partial charge in [-0.3, -0.25) is 0 Å². The van der Waals surface area contributed by atoms with E-state index in [0.717, 1.165) is 16.6 Å². The maximum Gasteiger partial charge on any atom is 0.335 e. The van der Waals surface area contributed by atoms with Crippen molar-refractivity contribution < 1.29 is 9.90 Å². The van der Waals surface area contributed by atoms with E-state index in [4.69, 9.17) is 5.11 Å². The lowest BCUT2D eigenvalue weighted by Crippen LogP contribution is -2.21. The molecular weight excluding hydrogens is 282 g/mol. The summed E-state index contributed by atoms with van der Waals surface area (Å²) in [6.45, 7) is 2.24. The van der Waals surface area contributed by atoms with Crippen molar-refractivity contribution in [1.29, 1.82) is 0 Å². The number of rotatable bonds is 3. The van der Waals surface area contributed by atoms with Crippen molar-refractivity contribution in [3.63, 3.8) is 0 Å². The van der Waals surface area contributed by atoms with Crippen LogP contribution >= 0.6 is 15.9 Å². The van der Waals surface area contributed by atoms with Crippen LogP contribution in [0.25, 0.3) is 0 Å². The Balaban J connectivity index is 2.17. The van der Waals surface area contributed by atoms with Crippen LogP contribution < -0.4 is 5.32 Å². The van der Waals surface area contributed by atoms with Gasteiger partial charge in [0.25, 0.3) is 0 Å². The smallest absolute Gasteiger partial charge is 0.335 e. The van der Waals surface area contributed by atoms with Gasteiger partial charge in [-0.2, -0.15) is 0 Å². The first-order chi connectivity index (χ1) is 8.06. The van der Waals surface area contributed by atoms with E-state index in [1.54, 1.807) is 12.1 Å². The lowest BCUT2D eigenvalue weighted by Gasteiger charge is -2.19. The predicted molar refractivity (Wildman–Crippen MR) is 71.5 cm³/mol. The Morgan fingerprint density at radius 3 is 2.76 bits per heavy atom. The molecule has 0 saturated heterocycles. The molecule has 17 heavy (non-hydrogen) atoms. The summed E-state index contributed by atoms with van der Waals surface area (Å²) in [5, 5.41) is 12.4. The third kappa shape index (κ3) is 3.00. The average molecular weight is 298 g/mol. The molecular formula is C13H16BrNO2. The molecule has 0 bridgehead atoms. The molecule has 0 aromatic heterocycles. The number of carboxylic acid groups (broad SMARTS) is 1. The molecule has 0 radical (unpaired) electrons. The summed E-state index contributed by atoms with van der Waals surface area (Å²) < 4.78 is 0.797. The second-order valence-corrected chi connectivity index (χ2v) is 5.61. The lowest BCUT2D eigenvalue weighted by atomic mass is 10.1. The molecule has 1 saturated carbocycles. The van der Waals surface area contributed by atoms with Gasteiger partial charge in [0.05, 0.1) is 5.56 Å². The van der Waals surface area contributed by atoms with Crippen LogP contribution in [0.3, 0.4) is 0 Å². The minimum Gasteiger partial charge on any atom is -0.478 e. The van der Waals surface area contributed by atoms with Crippen LogP contribution in [-0.4, -0.2) is 17.1 Å². The maximum atomic E-state index is 11.0. The minimum absolute atomic E-state index is 0.313. The van der Waals surface area contributed by atoms with Crippen molar-refractivity contribution >= 4 is 27.6 Å². The molecule has 1 aromatic rings. The number of halogens is 1. The van der Waals surface area contributed by atoms with E-state index >= 15 is 0 Å². The van der Waals surface area contributed by atoms with Gasteiger partial charge < -0.3 is 10.4 Å². The number of carbonyl (C=O) groups is 1. The third-order valence-corrected chi connectivity index (χ3v) is 3.82. The van der Waals surface area contributed by atoms with Gasteiger partial charge >= 0.3 is 5.97 Å². The molecule has 2 rings (SSSR count). The van der Waals surface area contributed by atoms with Crippen LogP contribution in [0.4, 0.5) is 5.69 Å². The summed E-state index contributed by atoms with van der Waals surface area (Å²) in [6.07, 6.45) is 3.66. The van der Waals surface area contributed by atoms with Crippen molar-refractivity contribution in [3.8, 4) is 0 Å². The highest BCUT2D eigenvalue weighted by atomic mass is 79.9. The second kappa shape index (κ2) is 5.08. The van der Waals surface area contributed by atoms with Crippen LogP contribution in [0.15, 0.2) is 22.7 Å². The number of carboxylic acids is 1. The van der Waals surface area contributed by atoms with E-state index in [9.17, 15) is 4.79 Å². The van der Waals surface area contributed by atoms with Gasteiger partial charge in [-0.05, 0) is 37.0 Å². The second-order valence-electron chi connectivity index (χ2n) is 4.69. The Labute approximate surface area is 109 Å². The first-order valence-corrected chi connectivity index (χ1v) is 6.66. The van der Waals surface area contributed by atoms with Gasteiger partial charge in [0.15, 0.2) is 0 Å². The molecule has 92 valence electrons. The van der Waals surface area contributed by atoms with Crippen molar-refractivity contribution in [2.24, 2.45) is 5.92 Å².